The molecular formula is C11H17N3O2. The normalized spacial score (nSPS) is 10.1. The van der Waals surface area contributed by atoms with E-state index in [0.29, 0.717) is 31.1 Å². The van der Waals surface area contributed by atoms with Crippen LogP contribution in [0.15, 0.2) is 18.3 Å². The quantitative estimate of drug-likeness (QED) is 0.700. The van der Waals surface area contributed by atoms with Crippen molar-refractivity contribution in [2.24, 2.45) is 0 Å². The average molecular weight is 223 g/mol. The van der Waals surface area contributed by atoms with Crippen molar-refractivity contribution >= 4 is 11.6 Å². The summed E-state index contributed by atoms with van der Waals surface area (Å²) in [7, 11) is 0. The van der Waals surface area contributed by atoms with Crippen molar-refractivity contribution in [1.29, 1.82) is 0 Å². The van der Waals surface area contributed by atoms with Crippen molar-refractivity contribution in [3.05, 3.63) is 24.0 Å². The molecule has 0 aliphatic heterocycles. The van der Waals surface area contributed by atoms with Gasteiger partial charge in [0.1, 0.15) is 5.69 Å². The number of carbonyl (C=O) groups is 1. The lowest BCUT2D eigenvalue weighted by Gasteiger charge is -2.04. The number of hydrogen-bond acceptors (Lipinski definition) is 4. The maximum Gasteiger partial charge on any atom is 0.269 e. The Hall–Kier alpha value is -1.62. The third-order valence-electron chi connectivity index (χ3n) is 1.97. The molecule has 0 spiro atoms. The molecule has 16 heavy (non-hydrogen) atoms. The number of pyridine rings is 1. The summed E-state index contributed by atoms with van der Waals surface area (Å²) in [4.78, 5) is 15.5. The van der Waals surface area contributed by atoms with Gasteiger partial charge in [0.15, 0.2) is 0 Å². The van der Waals surface area contributed by atoms with Crippen LogP contribution in [-0.4, -0.2) is 30.6 Å². The fraction of sp³-hybridized carbons (Fsp3) is 0.455. The predicted octanol–water partition coefficient (Wildman–Crippen LogP) is 0.820. The number of nitrogens with two attached hydrogens (primary N) is 1. The second-order valence-corrected chi connectivity index (χ2v) is 3.28. The van der Waals surface area contributed by atoms with Crippen molar-refractivity contribution in [2.75, 3.05) is 25.5 Å². The number of nitrogen functional groups attached to an aromatic ring is 1. The number of anilines is 1. The molecule has 1 aromatic heterocycles. The Morgan fingerprint density at radius 1 is 1.56 bits per heavy atom. The Labute approximate surface area is 95.0 Å². The molecule has 0 saturated carbocycles. The highest BCUT2D eigenvalue weighted by Crippen LogP contribution is 2.00. The maximum absolute atomic E-state index is 11.5. The van der Waals surface area contributed by atoms with Gasteiger partial charge in [-0.1, -0.05) is 0 Å². The number of aromatic nitrogens is 1. The number of amides is 1. The van der Waals surface area contributed by atoms with Crippen LogP contribution < -0.4 is 11.1 Å². The lowest BCUT2D eigenvalue weighted by atomic mass is 10.3. The number of hydrogen-bond donors (Lipinski definition) is 2. The first kappa shape index (κ1) is 12.4. The zero-order valence-corrected chi connectivity index (χ0v) is 9.40. The third-order valence-corrected chi connectivity index (χ3v) is 1.97. The molecule has 1 rings (SSSR count). The van der Waals surface area contributed by atoms with Gasteiger partial charge >= 0.3 is 0 Å². The summed E-state index contributed by atoms with van der Waals surface area (Å²) in [5.41, 5.74) is 6.40. The van der Waals surface area contributed by atoms with Crippen molar-refractivity contribution in [3.63, 3.8) is 0 Å². The first-order chi connectivity index (χ1) is 7.74. The largest absolute Gasteiger partial charge is 0.397 e. The second-order valence-electron chi connectivity index (χ2n) is 3.28. The smallest absolute Gasteiger partial charge is 0.269 e. The molecule has 0 aromatic carbocycles. The van der Waals surface area contributed by atoms with Crippen LogP contribution in [-0.2, 0) is 4.74 Å². The summed E-state index contributed by atoms with van der Waals surface area (Å²) in [5.74, 6) is -0.184. The molecule has 0 fully saturated rings. The lowest BCUT2D eigenvalue weighted by Crippen LogP contribution is -2.26. The topological polar surface area (TPSA) is 77.2 Å². The van der Waals surface area contributed by atoms with Gasteiger partial charge < -0.3 is 15.8 Å². The molecule has 1 amide bonds. The molecule has 88 valence electrons. The Kier molecular flexibility index (Phi) is 5.28. The predicted molar refractivity (Wildman–Crippen MR) is 62.1 cm³/mol. The molecule has 0 aliphatic carbocycles. The van der Waals surface area contributed by atoms with E-state index in [1.165, 1.54) is 6.20 Å². The van der Waals surface area contributed by atoms with Gasteiger partial charge in [0, 0.05) is 19.8 Å². The summed E-state index contributed by atoms with van der Waals surface area (Å²) in [5, 5.41) is 2.76. The lowest BCUT2D eigenvalue weighted by molar-refractivity contribution is 0.0939. The maximum atomic E-state index is 11.5. The molecule has 5 nitrogen and oxygen atoms in total. The minimum Gasteiger partial charge on any atom is -0.397 e. The molecule has 3 N–H and O–H groups in total. The number of nitrogens with zero attached hydrogens (tertiary/aromatic N) is 1. The molecule has 1 heterocycles. The highest BCUT2D eigenvalue weighted by Gasteiger charge is 2.04. The Balaban J connectivity index is 2.27. The Morgan fingerprint density at radius 2 is 2.38 bits per heavy atom. The minimum atomic E-state index is -0.184. The van der Waals surface area contributed by atoms with E-state index in [1.54, 1.807) is 12.1 Å². The van der Waals surface area contributed by atoms with Crippen LogP contribution in [0.5, 0.6) is 0 Å². The van der Waals surface area contributed by atoms with Crippen LogP contribution in [0, 0.1) is 0 Å². The summed E-state index contributed by atoms with van der Waals surface area (Å²) < 4.78 is 5.15. The molecule has 0 bridgehead atoms. The first-order valence-corrected chi connectivity index (χ1v) is 5.31. The first-order valence-electron chi connectivity index (χ1n) is 5.31. The molecule has 0 aliphatic rings. The van der Waals surface area contributed by atoms with E-state index < -0.39 is 0 Å². The molecule has 0 atom stereocenters. The van der Waals surface area contributed by atoms with Crippen LogP contribution in [0.4, 0.5) is 5.69 Å². The van der Waals surface area contributed by atoms with E-state index in [1.807, 2.05) is 6.92 Å². The van der Waals surface area contributed by atoms with E-state index in [-0.39, 0.29) is 5.91 Å². The molecule has 0 unspecified atom stereocenters. The van der Waals surface area contributed by atoms with Gasteiger partial charge in [0.25, 0.3) is 5.91 Å². The average Bonchev–Trinajstić information content (AvgIpc) is 2.29. The molecule has 5 heteroatoms. The van der Waals surface area contributed by atoms with Gasteiger partial charge in [-0.2, -0.15) is 0 Å². The minimum absolute atomic E-state index is 0.184. The molecular weight excluding hydrogens is 206 g/mol. The second kappa shape index (κ2) is 6.79. The van der Waals surface area contributed by atoms with Crippen LogP contribution in [0.3, 0.4) is 0 Å². The zero-order chi connectivity index (χ0) is 11.8. The SMILES string of the molecule is CCOCCCNC(=O)c1ccc(N)cn1. The van der Waals surface area contributed by atoms with Gasteiger partial charge in [-0.05, 0) is 25.5 Å². The van der Waals surface area contributed by atoms with Gasteiger partial charge in [0.2, 0.25) is 0 Å². The van der Waals surface area contributed by atoms with E-state index in [4.69, 9.17) is 10.5 Å². The highest BCUT2D eigenvalue weighted by molar-refractivity contribution is 5.92. The van der Waals surface area contributed by atoms with E-state index in [0.717, 1.165) is 6.42 Å². The van der Waals surface area contributed by atoms with Gasteiger partial charge in [-0.3, -0.25) is 4.79 Å². The van der Waals surface area contributed by atoms with Crippen LogP contribution >= 0.6 is 0 Å². The highest BCUT2D eigenvalue weighted by atomic mass is 16.5. The standard InChI is InChI=1S/C11H17N3O2/c1-2-16-7-3-6-13-11(15)10-5-4-9(12)8-14-10/h4-5,8H,2-3,6-7,12H2,1H3,(H,13,15). The van der Waals surface area contributed by atoms with Crippen molar-refractivity contribution in [3.8, 4) is 0 Å². The molecule has 0 radical (unpaired) electrons. The molecule has 0 saturated heterocycles. The monoisotopic (exact) mass is 223 g/mol. The van der Waals surface area contributed by atoms with Crippen LogP contribution in [0.25, 0.3) is 0 Å². The van der Waals surface area contributed by atoms with E-state index in [9.17, 15) is 4.79 Å². The molecule has 1 aromatic rings. The van der Waals surface area contributed by atoms with E-state index >= 15 is 0 Å². The van der Waals surface area contributed by atoms with E-state index in [2.05, 4.69) is 10.3 Å². The fourth-order valence-corrected chi connectivity index (χ4v) is 1.15. The summed E-state index contributed by atoms with van der Waals surface area (Å²) in [6.07, 6.45) is 2.27. The fourth-order valence-electron chi connectivity index (χ4n) is 1.15. The van der Waals surface area contributed by atoms with Crippen molar-refractivity contribution < 1.29 is 9.53 Å². The van der Waals surface area contributed by atoms with Gasteiger partial charge in [-0.15, -0.1) is 0 Å². The van der Waals surface area contributed by atoms with Gasteiger partial charge in [0.05, 0.1) is 11.9 Å². The zero-order valence-electron chi connectivity index (χ0n) is 9.40. The summed E-state index contributed by atoms with van der Waals surface area (Å²) in [6, 6.07) is 3.26. The number of carbonyl (C=O) groups excluding carboxylic acids is 1. The Morgan fingerprint density at radius 3 is 3.00 bits per heavy atom. The van der Waals surface area contributed by atoms with Crippen molar-refractivity contribution in [2.45, 2.75) is 13.3 Å². The van der Waals surface area contributed by atoms with Crippen molar-refractivity contribution in [1.82, 2.24) is 10.3 Å². The number of ether oxygens (including phenoxy) is 1. The summed E-state index contributed by atoms with van der Waals surface area (Å²) >= 11 is 0. The van der Waals surface area contributed by atoms with Gasteiger partial charge in [-0.25, -0.2) is 4.98 Å². The summed E-state index contributed by atoms with van der Waals surface area (Å²) in [6.45, 7) is 3.89. The van der Waals surface area contributed by atoms with Crippen LogP contribution in [0.1, 0.15) is 23.8 Å². The van der Waals surface area contributed by atoms with Crippen LogP contribution in [0.2, 0.25) is 0 Å². The number of rotatable bonds is 6. The Bertz CT molecular complexity index is 325. The third kappa shape index (κ3) is 4.27. The number of nitrogens with one attached hydrogen (secondary N) is 1.